The molecule has 5 heteroatoms. The fourth-order valence-corrected chi connectivity index (χ4v) is 3.54. The third kappa shape index (κ3) is 3.54. The molecule has 1 aliphatic rings. The van der Waals surface area contributed by atoms with Gasteiger partial charge < -0.3 is 10.2 Å². The molecule has 0 aromatic heterocycles. The third-order valence-electron chi connectivity index (χ3n) is 3.13. The first-order chi connectivity index (χ1) is 9.47. The van der Waals surface area contributed by atoms with E-state index in [1.54, 1.807) is 18.8 Å². The van der Waals surface area contributed by atoms with E-state index in [1.807, 2.05) is 32.0 Å². The summed E-state index contributed by atoms with van der Waals surface area (Å²) in [5.74, 6) is -0.0959. The molecule has 0 aliphatic carbocycles. The van der Waals surface area contributed by atoms with Crippen LogP contribution >= 0.6 is 11.8 Å². The van der Waals surface area contributed by atoms with Crippen LogP contribution in [0, 0.1) is 0 Å². The zero-order valence-corrected chi connectivity index (χ0v) is 12.9. The first-order valence-electron chi connectivity index (χ1n) is 6.76. The van der Waals surface area contributed by atoms with E-state index in [1.165, 1.54) is 15.4 Å². The number of fused-ring (bicyclic) bond motifs is 1. The maximum atomic E-state index is 12.4. The van der Waals surface area contributed by atoms with Crippen molar-refractivity contribution in [3.8, 4) is 0 Å². The Morgan fingerprint density at radius 2 is 2.10 bits per heavy atom. The Balaban J connectivity index is 1.91. The molecule has 1 atom stereocenters. The molecular formula is C15H20N2O2S. The summed E-state index contributed by atoms with van der Waals surface area (Å²) in [4.78, 5) is 26.7. The van der Waals surface area contributed by atoms with Crippen LogP contribution in [0.2, 0.25) is 0 Å². The van der Waals surface area contributed by atoms with Crippen molar-refractivity contribution in [3.05, 3.63) is 29.8 Å². The summed E-state index contributed by atoms with van der Waals surface area (Å²) >= 11 is 1.59. The van der Waals surface area contributed by atoms with Crippen molar-refractivity contribution in [2.45, 2.75) is 36.5 Å². The minimum Gasteiger partial charge on any atom is -0.352 e. The number of carbonyl (C=O) groups is 2. The van der Waals surface area contributed by atoms with Gasteiger partial charge >= 0.3 is 0 Å². The van der Waals surface area contributed by atoms with Crippen LogP contribution in [0.25, 0.3) is 0 Å². The van der Waals surface area contributed by atoms with Crippen molar-refractivity contribution in [2.24, 2.45) is 0 Å². The van der Waals surface area contributed by atoms with E-state index in [0.29, 0.717) is 0 Å². The molecular weight excluding hydrogens is 272 g/mol. The number of nitrogens with zero attached hydrogens (tertiary/aromatic N) is 1. The highest BCUT2D eigenvalue weighted by molar-refractivity contribution is 8.01. The van der Waals surface area contributed by atoms with Crippen LogP contribution in [0.3, 0.4) is 0 Å². The van der Waals surface area contributed by atoms with Crippen LogP contribution in [-0.4, -0.2) is 41.6 Å². The monoisotopic (exact) mass is 292 g/mol. The van der Waals surface area contributed by atoms with E-state index in [4.69, 9.17) is 0 Å². The second-order valence-corrected chi connectivity index (χ2v) is 6.58. The summed E-state index contributed by atoms with van der Waals surface area (Å²) in [5, 5.41) is 2.69. The zero-order chi connectivity index (χ0) is 14.7. The molecule has 4 nitrogen and oxygen atoms in total. The summed E-state index contributed by atoms with van der Waals surface area (Å²) in [5.41, 5.74) is 1.22. The zero-order valence-electron chi connectivity index (χ0n) is 12.1. The Labute approximate surface area is 123 Å². The molecule has 2 rings (SSSR count). The van der Waals surface area contributed by atoms with E-state index in [-0.39, 0.29) is 29.7 Å². The summed E-state index contributed by atoms with van der Waals surface area (Å²) in [6, 6.07) is 8.17. The Morgan fingerprint density at radius 3 is 2.75 bits per heavy atom. The molecule has 108 valence electrons. The molecule has 0 saturated heterocycles. The first-order valence-corrected chi connectivity index (χ1v) is 7.64. The molecule has 0 spiro atoms. The van der Waals surface area contributed by atoms with Gasteiger partial charge in [-0.1, -0.05) is 18.2 Å². The van der Waals surface area contributed by atoms with Gasteiger partial charge in [-0.05, 0) is 31.9 Å². The molecule has 0 bridgehead atoms. The van der Waals surface area contributed by atoms with E-state index < -0.39 is 0 Å². The fraction of sp³-hybridized carbons (Fsp3) is 0.467. The molecule has 0 saturated carbocycles. The lowest BCUT2D eigenvalue weighted by molar-refractivity contribution is -0.134. The highest BCUT2D eigenvalue weighted by atomic mass is 32.2. The minimum absolute atomic E-state index is 0.0186. The average molecular weight is 292 g/mol. The summed E-state index contributed by atoms with van der Waals surface area (Å²) in [6.45, 7) is 3.93. The Hall–Kier alpha value is -1.49. The molecule has 0 fully saturated rings. The maximum Gasteiger partial charge on any atom is 0.239 e. The van der Waals surface area contributed by atoms with Crippen LogP contribution in [0.15, 0.2) is 29.2 Å². The number of likely N-dealkylation sites (N-methyl/N-ethyl adjacent to an activating group) is 1. The first kappa shape index (κ1) is 14.9. The highest BCUT2D eigenvalue weighted by Crippen LogP contribution is 2.37. The number of nitrogens with one attached hydrogen (secondary N) is 1. The van der Waals surface area contributed by atoms with Crippen LogP contribution < -0.4 is 5.32 Å². The Bertz CT molecular complexity index is 491. The van der Waals surface area contributed by atoms with Crippen molar-refractivity contribution in [3.63, 3.8) is 0 Å². The van der Waals surface area contributed by atoms with Gasteiger partial charge in [-0.15, -0.1) is 11.8 Å². The van der Waals surface area contributed by atoms with Crippen molar-refractivity contribution in [1.29, 1.82) is 0 Å². The average Bonchev–Trinajstić information content (AvgIpc) is 2.80. The van der Waals surface area contributed by atoms with E-state index in [0.717, 1.165) is 6.42 Å². The van der Waals surface area contributed by atoms with Crippen molar-refractivity contribution in [2.75, 3.05) is 13.6 Å². The third-order valence-corrected chi connectivity index (χ3v) is 4.43. The van der Waals surface area contributed by atoms with Gasteiger partial charge in [0.25, 0.3) is 0 Å². The number of hydrogen-bond acceptors (Lipinski definition) is 3. The van der Waals surface area contributed by atoms with Crippen LogP contribution in [0.1, 0.15) is 19.4 Å². The quantitative estimate of drug-likeness (QED) is 0.918. The predicted octanol–water partition coefficient (Wildman–Crippen LogP) is 1.69. The second-order valence-electron chi connectivity index (χ2n) is 5.33. The Morgan fingerprint density at radius 1 is 1.40 bits per heavy atom. The number of amides is 2. The topological polar surface area (TPSA) is 49.4 Å². The predicted molar refractivity (Wildman–Crippen MR) is 80.7 cm³/mol. The van der Waals surface area contributed by atoms with Crippen molar-refractivity contribution in [1.82, 2.24) is 10.2 Å². The molecule has 2 amide bonds. The SMILES string of the molecule is CC(C)NC(=O)CN(C)C(=O)C1Cc2ccccc2S1. The number of carbonyl (C=O) groups excluding carboxylic acids is 2. The second kappa shape index (κ2) is 6.31. The van der Waals surface area contributed by atoms with Gasteiger partial charge in [0, 0.05) is 18.0 Å². The molecule has 1 aromatic carbocycles. The van der Waals surface area contributed by atoms with Crippen LogP contribution in [0.4, 0.5) is 0 Å². The summed E-state index contributed by atoms with van der Waals surface area (Å²) in [6.07, 6.45) is 0.746. The molecule has 1 aromatic rings. The van der Waals surface area contributed by atoms with Crippen LogP contribution in [0.5, 0.6) is 0 Å². The minimum atomic E-state index is -0.114. The molecule has 1 aliphatic heterocycles. The van der Waals surface area contributed by atoms with E-state index in [2.05, 4.69) is 11.4 Å². The highest BCUT2D eigenvalue weighted by Gasteiger charge is 2.30. The normalized spacial score (nSPS) is 16.9. The Kier molecular flexibility index (Phi) is 4.70. The smallest absolute Gasteiger partial charge is 0.239 e. The van der Waals surface area contributed by atoms with Gasteiger partial charge in [0.1, 0.15) is 0 Å². The van der Waals surface area contributed by atoms with Crippen molar-refractivity contribution < 1.29 is 9.59 Å². The summed E-state index contributed by atoms with van der Waals surface area (Å²) < 4.78 is 0. The van der Waals surface area contributed by atoms with Gasteiger partial charge in [0.2, 0.25) is 11.8 Å². The largest absolute Gasteiger partial charge is 0.352 e. The van der Waals surface area contributed by atoms with Gasteiger partial charge in [-0.2, -0.15) is 0 Å². The fourth-order valence-electron chi connectivity index (χ4n) is 2.23. The molecule has 20 heavy (non-hydrogen) atoms. The van der Waals surface area contributed by atoms with Gasteiger partial charge in [-0.25, -0.2) is 0 Å². The number of benzene rings is 1. The van der Waals surface area contributed by atoms with E-state index >= 15 is 0 Å². The standard InChI is InChI=1S/C15H20N2O2S/c1-10(2)16-14(18)9-17(3)15(19)13-8-11-6-4-5-7-12(11)20-13/h4-7,10,13H,8-9H2,1-3H3,(H,16,18). The molecule has 1 N–H and O–H groups in total. The summed E-state index contributed by atoms with van der Waals surface area (Å²) in [7, 11) is 1.69. The van der Waals surface area contributed by atoms with Gasteiger partial charge in [-0.3, -0.25) is 9.59 Å². The molecule has 0 radical (unpaired) electrons. The van der Waals surface area contributed by atoms with Crippen molar-refractivity contribution >= 4 is 23.6 Å². The number of thioether (sulfide) groups is 1. The molecule has 1 unspecified atom stereocenters. The lowest BCUT2D eigenvalue weighted by Crippen LogP contribution is -2.43. The molecule has 1 heterocycles. The van der Waals surface area contributed by atoms with Gasteiger partial charge in [0.05, 0.1) is 11.8 Å². The van der Waals surface area contributed by atoms with E-state index in [9.17, 15) is 9.59 Å². The lowest BCUT2D eigenvalue weighted by Gasteiger charge is -2.20. The van der Waals surface area contributed by atoms with Crippen LogP contribution in [-0.2, 0) is 16.0 Å². The number of rotatable bonds is 4. The number of hydrogen-bond donors (Lipinski definition) is 1. The maximum absolute atomic E-state index is 12.4. The van der Waals surface area contributed by atoms with Gasteiger partial charge in [0.15, 0.2) is 0 Å². The lowest BCUT2D eigenvalue weighted by atomic mass is 10.1.